The van der Waals surface area contributed by atoms with Crippen LogP contribution >= 0.6 is 11.8 Å². The van der Waals surface area contributed by atoms with Gasteiger partial charge in [-0.05, 0) is 60.2 Å². The molecule has 0 aliphatic carbocycles. The van der Waals surface area contributed by atoms with E-state index in [0.717, 1.165) is 22.2 Å². The third-order valence-corrected chi connectivity index (χ3v) is 5.22. The number of carboxylic acids is 1. The van der Waals surface area contributed by atoms with Crippen molar-refractivity contribution in [3.05, 3.63) is 58.5 Å². The second-order valence-electron chi connectivity index (χ2n) is 6.78. The van der Waals surface area contributed by atoms with Gasteiger partial charge < -0.3 is 19.9 Å². The van der Waals surface area contributed by atoms with Gasteiger partial charge in [0.1, 0.15) is 6.54 Å². The van der Waals surface area contributed by atoms with E-state index in [4.69, 9.17) is 14.6 Å². The summed E-state index contributed by atoms with van der Waals surface area (Å²) in [6.45, 7) is 0.956. The third-order valence-electron chi connectivity index (χ3n) is 4.31. The maximum Gasteiger partial charge on any atom is 0.341 e. The zero-order chi connectivity index (χ0) is 23.3. The van der Waals surface area contributed by atoms with E-state index in [1.54, 1.807) is 30.3 Å². The van der Waals surface area contributed by atoms with Crippen molar-refractivity contribution in [2.45, 2.75) is 6.92 Å². The summed E-state index contributed by atoms with van der Waals surface area (Å²) < 4.78 is 10.3. The maximum absolute atomic E-state index is 12.7. The molecule has 0 aromatic heterocycles. The van der Waals surface area contributed by atoms with Crippen LogP contribution in [0.2, 0.25) is 0 Å². The summed E-state index contributed by atoms with van der Waals surface area (Å²) in [6.07, 6.45) is 1.49. The monoisotopic (exact) mass is 456 g/mol. The van der Waals surface area contributed by atoms with E-state index >= 15 is 0 Å². The molecule has 1 heterocycles. The molecule has 0 radical (unpaired) electrons. The van der Waals surface area contributed by atoms with E-state index in [0.29, 0.717) is 11.3 Å². The Morgan fingerprint density at radius 1 is 1.16 bits per heavy atom. The average molecular weight is 456 g/mol. The van der Waals surface area contributed by atoms with Gasteiger partial charge in [-0.25, -0.2) is 4.79 Å². The number of amides is 3. The minimum Gasteiger partial charge on any atom is -0.493 e. The van der Waals surface area contributed by atoms with Crippen molar-refractivity contribution in [2.75, 3.05) is 25.6 Å². The number of aliphatic carboxylic acids is 1. The predicted octanol–water partition coefficient (Wildman–Crippen LogP) is 3.14. The average Bonchev–Trinajstić information content (AvgIpc) is 2.99. The predicted molar refractivity (Wildman–Crippen MR) is 119 cm³/mol. The fourth-order valence-electron chi connectivity index (χ4n) is 2.89. The van der Waals surface area contributed by atoms with E-state index in [2.05, 4.69) is 5.32 Å². The SMILES string of the molecule is COc1cc(/C=C2\SC(=O)N(CC(=O)Nc3cccc(C)c3)C2=O)ccc1OCC(=O)O. The minimum atomic E-state index is -1.13. The topological polar surface area (TPSA) is 122 Å². The van der Waals surface area contributed by atoms with Crippen LogP contribution < -0.4 is 14.8 Å². The zero-order valence-corrected chi connectivity index (χ0v) is 18.1. The lowest BCUT2D eigenvalue weighted by atomic mass is 10.2. The van der Waals surface area contributed by atoms with Gasteiger partial charge >= 0.3 is 5.97 Å². The van der Waals surface area contributed by atoms with Crippen LogP contribution in [0, 0.1) is 6.92 Å². The number of nitrogens with zero attached hydrogens (tertiary/aromatic N) is 1. The van der Waals surface area contributed by atoms with Gasteiger partial charge in [-0.1, -0.05) is 18.2 Å². The van der Waals surface area contributed by atoms with Crippen molar-refractivity contribution in [1.29, 1.82) is 0 Å². The number of hydrogen-bond acceptors (Lipinski definition) is 7. The van der Waals surface area contributed by atoms with E-state index in [9.17, 15) is 19.2 Å². The molecule has 166 valence electrons. The number of methoxy groups -OCH3 is 1. The standard InChI is InChI=1S/C22H20N2O7S/c1-13-4-3-5-15(8-13)23-19(25)11-24-21(28)18(32-22(24)29)10-14-6-7-16(17(9-14)30-2)31-12-20(26)27/h3-10H,11-12H2,1-2H3,(H,23,25)(H,26,27)/b18-10-. The van der Waals surface area contributed by atoms with Crippen molar-refractivity contribution in [2.24, 2.45) is 0 Å². The smallest absolute Gasteiger partial charge is 0.341 e. The number of carbonyl (C=O) groups is 4. The molecular weight excluding hydrogens is 436 g/mol. The van der Waals surface area contributed by atoms with Gasteiger partial charge in [0.2, 0.25) is 5.91 Å². The number of imide groups is 1. The number of thioether (sulfide) groups is 1. The second kappa shape index (κ2) is 10.0. The molecule has 2 N–H and O–H groups in total. The molecule has 0 bridgehead atoms. The number of ether oxygens (including phenoxy) is 2. The molecule has 1 aliphatic heterocycles. The summed E-state index contributed by atoms with van der Waals surface area (Å²) in [5.41, 5.74) is 2.08. The second-order valence-corrected chi connectivity index (χ2v) is 7.77. The summed E-state index contributed by atoms with van der Waals surface area (Å²) in [4.78, 5) is 49.0. The van der Waals surface area contributed by atoms with Crippen LogP contribution in [0.15, 0.2) is 47.4 Å². The molecule has 1 aliphatic rings. The van der Waals surface area contributed by atoms with Gasteiger partial charge in [0.05, 0.1) is 12.0 Å². The summed E-state index contributed by atoms with van der Waals surface area (Å²) in [5.74, 6) is -1.69. The number of rotatable bonds is 8. The first-order valence-electron chi connectivity index (χ1n) is 9.41. The largest absolute Gasteiger partial charge is 0.493 e. The molecule has 9 nitrogen and oxygen atoms in total. The Morgan fingerprint density at radius 3 is 2.62 bits per heavy atom. The molecule has 1 saturated heterocycles. The highest BCUT2D eigenvalue weighted by atomic mass is 32.2. The molecule has 3 amide bonds. The first kappa shape index (κ1) is 22.9. The molecule has 0 spiro atoms. The van der Waals surface area contributed by atoms with Crippen LogP contribution in [0.3, 0.4) is 0 Å². The summed E-state index contributed by atoms with van der Waals surface area (Å²) >= 11 is 0.728. The minimum absolute atomic E-state index is 0.152. The van der Waals surface area contributed by atoms with Crippen molar-refractivity contribution >= 4 is 46.5 Å². The first-order valence-corrected chi connectivity index (χ1v) is 10.2. The maximum atomic E-state index is 12.7. The Balaban J connectivity index is 1.70. The number of anilines is 1. The van der Waals surface area contributed by atoms with Crippen LogP contribution in [0.1, 0.15) is 11.1 Å². The quantitative estimate of drug-likeness (QED) is 0.581. The summed E-state index contributed by atoms with van der Waals surface area (Å²) in [7, 11) is 1.40. The highest BCUT2D eigenvalue weighted by Crippen LogP contribution is 2.34. The van der Waals surface area contributed by atoms with E-state index in [-0.39, 0.29) is 16.4 Å². The van der Waals surface area contributed by atoms with Gasteiger partial charge in [0.25, 0.3) is 11.1 Å². The van der Waals surface area contributed by atoms with Crippen LogP contribution in [0.4, 0.5) is 10.5 Å². The van der Waals surface area contributed by atoms with Crippen molar-refractivity contribution in [3.63, 3.8) is 0 Å². The Bertz CT molecular complexity index is 1110. The molecule has 0 unspecified atom stereocenters. The van der Waals surface area contributed by atoms with Crippen molar-refractivity contribution in [3.8, 4) is 11.5 Å². The van der Waals surface area contributed by atoms with Crippen LogP contribution in [-0.2, 0) is 14.4 Å². The fourth-order valence-corrected chi connectivity index (χ4v) is 3.73. The van der Waals surface area contributed by atoms with Gasteiger partial charge in [0.15, 0.2) is 18.1 Å². The Hall–Kier alpha value is -3.79. The number of aryl methyl sites for hydroxylation is 1. The van der Waals surface area contributed by atoms with Crippen molar-refractivity contribution in [1.82, 2.24) is 4.90 Å². The molecule has 0 atom stereocenters. The zero-order valence-electron chi connectivity index (χ0n) is 17.3. The lowest BCUT2D eigenvalue weighted by molar-refractivity contribution is -0.139. The van der Waals surface area contributed by atoms with Crippen molar-refractivity contribution < 1.29 is 33.8 Å². The molecular formula is C22H20N2O7S. The van der Waals surface area contributed by atoms with Crippen LogP contribution in [0.25, 0.3) is 6.08 Å². The van der Waals surface area contributed by atoms with Gasteiger partial charge in [-0.3, -0.25) is 19.3 Å². The fraction of sp³-hybridized carbons (Fsp3) is 0.182. The van der Waals surface area contributed by atoms with E-state index < -0.39 is 36.2 Å². The molecule has 0 saturated carbocycles. The van der Waals surface area contributed by atoms with Gasteiger partial charge in [0, 0.05) is 5.69 Å². The summed E-state index contributed by atoms with van der Waals surface area (Å²) in [6, 6.07) is 11.8. The molecule has 1 fully saturated rings. The molecule has 32 heavy (non-hydrogen) atoms. The number of nitrogens with one attached hydrogen (secondary N) is 1. The number of benzene rings is 2. The third kappa shape index (κ3) is 5.67. The molecule has 3 rings (SSSR count). The molecule has 2 aromatic rings. The summed E-state index contributed by atoms with van der Waals surface area (Å²) in [5, 5.41) is 10.9. The first-order chi connectivity index (χ1) is 15.3. The number of hydrogen-bond donors (Lipinski definition) is 2. The van der Waals surface area contributed by atoms with Crippen LogP contribution in [-0.4, -0.2) is 53.3 Å². The lowest BCUT2D eigenvalue weighted by Crippen LogP contribution is -2.36. The Labute approximate surface area is 188 Å². The van der Waals surface area contributed by atoms with Gasteiger partial charge in [-0.2, -0.15) is 0 Å². The lowest BCUT2D eigenvalue weighted by Gasteiger charge is -2.12. The van der Waals surface area contributed by atoms with Crippen LogP contribution in [0.5, 0.6) is 11.5 Å². The number of carboxylic acid groups (broad SMARTS) is 1. The molecule has 10 heteroatoms. The highest BCUT2D eigenvalue weighted by Gasteiger charge is 2.36. The Kier molecular flexibility index (Phi) is 7.16. The van der Waals surface area contributed by atoms with E-state index in [1.807, 2.05) is 13.0 Å². The highest BCUT2D eigenvalue weighted by molar-refractivity contribution is 8.18. The van der Waals surface area contributed by atoms with E-state index in [1.165, 1.54) is 19.3 Å². The normalized spacial score (nSPS) is 14.6. The van der Waals surface area contributed by atoms with Gasteiger partial charge in [-0.15, -0.1) is 0 Å². The Morgan fingerprint density at radius 2 is 1.94 bits per heavy atom. The number of carbonyl (C=O) groups excluding carboxylic acids is 3. The molecule has 2 aromatic carbocycles.